The summed E-state index contributed by atoms with van der Waals surface area (Å²) in [5.74, 6) is 0. The Morgan fingerprint density at radius 2 is 1.65 bits per heavy atom. The molecule has 0 unspecified atom stereocenters. The van der Waals surface area contributed by atoms with Crippen molar-refractivity contribution in [3.05, 3.63) is 66.5 Å². The van der Waals surface area contributed by atoms with E-state index in [1.165, 1.54) is 10.6 Å². The first-order chi connectivity index (χ1) is 14.7. The topological polar surface area (TPSA) is 110 Å². The number of nitrogens with zero attached hydrogens (tertiary/aromatic N) is 2. The van der Waals surface area contributed by atoms with Crippen LogP contribution >= 0.6 is 0 Å². The number of benzene rings is 2. The fraction of sp³-hybridized carbons (Fsp3) is 0.318. The van der Waals surface area contributed by atoms with Gasteiger partial charge in [0, 0.05) is 42.5 Å². The Labute approximate surface area is 183 Å². The van der Waals surface area contributed by atoms with Crippen LogP contribution in [0.1, 0.15) is 18.4 Å². The molecular weight excluding hydrogens is 434 g/mol. The lowest BCUT2D eigenvalue weighted by Crippen LogP contribution is -2.34. The minimum Gasteiger partial charge on any atom is -0.330 e. The molecule has 3 aromatic rings. The van der Waals surface area contributed by atoms with Crippen LogP contribution in [0.15, 0.2) is 70.7 Å². The summed E-state index contributed by atoms with van der Waals surface area (Å²) in [6.07, 6.45) is 6.22. The van der Waals surface area contributed by atoms with Crippen LogP contribution in [0.3, 0.4) is 0 Å². The largest absolute Gasteiger partial charge is 0.330 e. The molecule has 9 heteroatoms. The molecule has 31 heavy (non-hydrogen) atoms. The predicted molar refractivity (Wildman–Crippen MR) is 122 cm³/mol. The van der Waals surface area contributed by atoms with Gasteiger partial charge in [0.1, 0.15) is 0 Å². The van der Waals surface area contributed by atoms with Gasteiger partial charge < -0.3 is 5.73 Å². The maximum absolute atomic E-state index is 13.4. The maximum atomic E-state index is 13.4. The average molecular weight is 462 g/mol. The molecule has 1 aromatic heterocycles. The van der Waals surface area contributed by atoms with Gasteiger partial charge in [-0.05, 0) is 55.6 Å². The SMILES string of the molecule is CS(=O)(=O)c1ccc(CCCN(CCCN)S(=O)(=O)c2cccc3cnccc23)cc1. The normalized spacial score (nSPS) is 12.5. The molecule has 2 N–H and O–H groups in total. The summed E-state index contributed by atoms with van der Waals surface area (Å²) in [6, 6.07) is 13.6. The lowest BCUT2D eigenvalue weighted by Gasteiger charge is -2.23. The van der Waals surface area contributed by atoms with E-state index in [2.05, 4.69) is 4.98 Å². The molecule has 0 amide bonds. The van der Waals surface area contributed by atoms with Crippen LogP contribution in [0.4, 0.5) is 0 Å². The Morgan fingerprint density at radius 3 is 2.32 bits per heavy atom. The lowest BCUT2D eigenvalue weighted by molar-refractivity contribution is 0.401. The van der Waals surface area contributed by atoms with Crippen molar-refractivity contribution in [1.82, 2.24) is 9.29 Å². The molecule has 0 saturated carbocycles. The zero-order chi connectivity index (χ0) is 22.5. The highest BCUT2D eigenvalue weighted by Crippen LogP contribution is 2.25. The number of nitrogens with two attached hydrogens (primary N) is 1. The van der Waals surface area contributed by atoms with Crippen LogP contribution < -0.4 is 5.73 Å². The molecule has 0 spiro atoms. The van der Waals surface area contributed by atoms with Crippen LogP contribution in [0.25, 0.3) is 10.8 Å². The summed E-state index contributed by atoms with van der Waals surface area (Å²) in [5.41, 5.74) is 6.60. The summed E-state index contributed by atoms with van der Waals surface area (Å²) < 4.78 is 51.6. The van der Waals surface area contributed by atoms with Crippen molar-refractivity contribution in [1.29, 1.82) is 0 Å². The average Bonchev–Trinajstić information content (AvgIpc) is 2.75. The van der Waals surface area contributed by atoms with E-state index in [0.29, 0.717) is 44.3 Å². The molecule has 3 rings (SSSR count). The number of rotatable bonds is 10. The summed E-state index contributed by atoms with van der Waals surface area (Å²) in [6.45, 7) is 1.09. The van der Waals surface area contributed by atoms with E-state index in [0.717, 1.165) is 10.9 Å². The maximum Gasteiger partial charge on any atom is 0.243 e. The van der Waals surface area contributed by atoms with Crippen molar-refractivity contribution >= 4 is 30.6 Å². The number of aryl methyl sites for hydroxylation is 1. The molecule has 1 heterocycles. The zero-order valence-corrected chi connectivity index (χ0v) is 19.1. The molecule has 0 saturated heterocycles. The second kappa shape index (κ2) is 9.86. The Bertz CT molecular complexity index is 1240. The Morgan fingerprint density at radius 1 is 0.935 bits per heavy atom. The third-order valence-corrected chi connectivity index (χ3v) is 8.18. The first-order valence-corrected chi connectivity index (χ1v) is 13.4. The first kappa shape index (κ1) is 23.3. The minimum atomic E-state index is -3.71. The van der Waals surface area contributed by atoms with Gasteiger partial charge in [-0.3, -0.25) is 4.98 Å². The van der Waals surface area contributed by atoms with Crippen LogP contribution in [0, 0.1) is 0 Å². The smallest absolute Gasteiger partial charge is 0.243 e. The van der Waals surface area contributed by atoms with Gasteiger partial charge in [-0.15, -0.1) is 0 Å². The van der Waals surface area contributed by atoms with E-state index in [1.54, 1.807) is 54.9 Å². The van der Waals surface area contributed by atoms with Gasteiger partial charge >= 0.3 is 0 Å². The predicted octanol–water partition coefficient (Wildman–Crippen LogP) is 2.61. The molecule has 0 aliphatic carbocycles. The van der Waals surface area contributed by atoms with E-state index < -0.39 is 19.9 Å². The van der Waals surface area contributed by atoms with Gasteiger partial charge in [-0.1, -0.05) is 24.3 Å². The molecule has 2 aromatic carbocycles. The monoisotopic (exact) mass is 461 g/mol. The molecule has 0 bridgehead atoms. The fourth-order valence-electron chi connectivity index (χ4n) is 3.44. The van der Waals surface area contributed by atoms with Crippen LogP contribution in [-0.4, -0.2) is 52.0 Å². The fourth-order valence-corrected chi connectivity index (χ4v) is 5.80. The van der Waals surface area contributed by atoms with E-state index in [1.807, 2.05) is 6.07 Å². The summed E-state index contributed by atoms with van der Waals surface area (Å²) in [7, 11) is -6.95. The summed E-state index contributed by atoms with van der Waals surface area (Å²) in [5, 5.41) is 1.42. The van der Waals surface area contributed by atoms with Crippen molar-refractivity contribution in [2.45, 2.75) is 29.1 Å². The van der Waals surface area contributed by atoms with Crippen molar-refractivity contribution in [3.63, 3.8) is 0 Å². The summed E-state index contributed by atoms with van der Waals surface area (Å²) >= 11 is 0. The number of pyridine rings is 1. The number of sulfonamides is 1. The van der Waals surface area contributed by atoms with E-state index in [-0.39, 0.29) is 9.79 Å². The van der Waals surface area contributed by atoms with Crippen LogP contribution in [0.2, 0.25) is 0 Å². The number of hydrogen-bond donors (Lipinski definition) is 1. The van der Waals surface area contributed by atoms with Gasteiger partial charge in [-0.25, -0.2) is 16.8 Å². The molecule has 0 radical (unpaired) electrons. The third-order valence-electron chi connectivity index (χ3n) is 5.09. The molecule has 7 nitrogen and oxygen atoms in total. The molecule has 0 aliphatic heterocycles. The highest BCUT2D eigenvalue weighted by Gasteiger charge is 2.25. The van der Waals surface area contributed by atoms with Crippen LogP contribution in [0.5, 0.6) is 0 Å². The van der Waals surface area contributed by atoms with E-state index in [9.17, 15) is 16.8 Å². The highest BCUT2D eigenvalue weighted by molar-refractivity contribution is 7.90. The van der Waals surface area contributed by atoms with Crippen LogP contribution in [-0.2, 0) is 26.3 Å². The number of fused-ring (bicyclic) bond motifs is 1. The van der Waals surface area contributed by atoms with Gasteiger partial charge in [0.05, 0.1) is 9.79 Å². The molecule has 0 aliphatic rings. The number of hydrogen-bond acceptors (Lipinski definition) is 6. The third kappa shape index (κ3) is 5.68. The summed E-state index contributed by atoms with van der Waals surface area (Å²) in [4.78, 5) is 4.61. The second-order valence-corrected chi connectivity index (χ2v) is 11.3. The Hall–Kier alpha value is -2.33. The van der Waals surface area contributed by atoms with Gasteiger partial charge in [0.25, 0.3) is 0 Å². The van der Waals surface area contributed by atoms with Gasteiger partial charge in [0.15, 0.2) is 9.84 Å². The molecular formula is C22H27N3O4S2. The number of aromatic nitrogens is 1. The lowest BCUT2D eigenvalue weighted by atomic mass is 10.1. The number of sulfone groups is 1. The second-order valence-electron chi connectivity index (χ2n) is 7.42. The molecule has 166 valence electrons. The van der Waals surface area contributed by atoms with Gasteiger partial charge in [-0.2, -0.15) is 4.31 Å². The van der Waals surface area contributed by atoms with Crippen molar-refractivity contribution in [2.75, 3.05) is 25.9 Å². The molecule has 0 atom stereocenters. The van der Waals surface area contributed by atoms with E-state index >= 15 is 0 Å². The van der Waals surface area contributed by atoms with Gasteiger partial charge in [0.2, 0.25) is 10.0 Å². The zero-order valence-electron chi connectivity index (χ0n) is 17.4. The Balaban J connectivity index is 1.78. The minimum absolute atomic E-state index is 0.266. The first-order valence-electron chi connectivity index (χ1n) is 10.1. The highest BCUT2D eigenvalue weighted by atomic mass is 32.2. The quantitative estimate of drug-likeness (QED) is 0.497. The van der Waals surface area contributed by atoms with Crippen molar-refractivity contribution in [2.24, 2.45) is 5.73 Å². The van der Waals surface area contributed by atoms with E-state index in [4.69, 9.17) is 5.73 Å². The molecule has 0 fully saturated rings. The standard InChI is InChI=1S/C22H27N3O4S2/c1-30(26,27)20-10-8-18(9-11-20)5-3-15-25(16-4-13-23)31(28,29)22-7-2-6-19-17-24-14-12-21(19)22/h2,6-12,14,17H,3-5,13,15-16,23H2,1H3. The van der Waals surface area contributed by atoms with Crippen molar-refractivity contribution < 1.29 is 16.8 Å². The Kier molecular flexibility index (Phi) is 7.42. The van der Waals surface area contributed by atoms with Crippen molar-refractivity contribution in [3.8, 4) is 0 Å².